The molecule has 0 bridgehead atoms. The van der Waals surface area contributed by atoms with Crippen molar-refractivity contribution in [2.24, 2.45) is 0 Å². The van der Waals surface area contributed by atoms with Gasteiger partial charge in [0.05, 0.1) is 5.60 Å². The maximum Gasteiger partial charge on any atom is 0.219 e. The molecule has 1 aromatic rings. The summed E-state index contributed by atoms with van der Waals surface area (Å²) < 4.78 is 5.54. The minimum atomic E-state index is -0.832. The van der Waals surface area contributed by atoms with E-state index in [0.29, 0.717) is 0 Å². The number of hydrogen-bond acceptors (Lipinski definition) is 4. The molecule has 2 rings (SSSR count). The Labute approximate surface area is 126 Å². The van der Waals surface area contributed by atoms with Crippen molar-refractivity contribution in [2.75, 3.05) is 37.7 Å². The van der Waals surface area contributed by atoms with Crippen LogP contribution in [-0.2, 0) is 4.79 Å². The van der Waals surface area contributed by atoms with Crippen molar-refractivity contribution in [3.05, 3.63) is 24.3 Å². The van der Waals surface area contributed by atoms with E-state index in [1.165, 1.54) is 0 Å². The zero-order valence-corrected chi connectivity index (χ0v) is 13.0. The Bertz CT molecular complexity index is 471. The zero-order valence-electron chi connectivity index (χ0n) is 13.0. The van der Waals surface area contributed by atoms with Crippen LogP contribution in [-0.4, -0.2) is 54.3 Å². The van der Waals surface area contributed by atoms with Gasteiger partial charge in [-0.25, -0.2) is 0 Å². The first-order chi connectivity index (χ1) is 9.85. The molecule has 1 N–H and O–H groups in total. The van der Waals surface area contributed by atoms with Crippen LogP contribution in [0.3, 0.4) is 0 Å². The predicted octanol–water partition coefficient (Wildman–Crippen LogP) is 1.50. The first-order valence-corrected chi connectivity index (χ1v) is 7.31. The van der Waals surface area contributed by atoms with E-state index in [-0.39, 0.29) is 12.5 Å². The lowest BCUT2D eigenvalue weighted by Gasteiger charge is -2.35. The van der Waals surface area contributed by atoms with Crippen LogP contribution in [0.2, 0.25) is 0 Å². The molecule has 0 radical (unpaired) electrons. The summed E-state index contributed by atoms with van der Waals surface area (Å²) in [4.78, 5) is 15.4. The molecule has 21 heavy (non-hydrogen) atoms. The second-order valence-corrected chi connectivity index (χ2v) is 6.09. The van der Waals surface area contributed by atoms with Crippen LogP contribution in [0.1, 0.15) is 20.8 Å². The van der Waals surface area contributed by atoms with Crippen LogP contribution in [0, 0.1) is 0 Å². The minimum absolute atomic E-state index is 0.144. The SMILES string of the molecule is CC(=O)N1CCN(c2ccc(OCC(C)(C)O)cc2)CC1. The highest BCUT2D eigenvalue weighted by Gasteiger charge is 2.19. The van der Waals surface area contributed by atoms with E-state index in [4.69, 9.17) is 4.74 Å². The smallest absolute Gasteiger partial charge is 0.219 e. The molecule has 5 nitrogen and oxygen atoms in total. The van der Waals surface area contributed by atoms with Gasteiger partial charge in [0.15, 0.2) is 0 Å². The van der Waals surface area contributed by atoms with E-state index < -0.39 is 5.60 Å². The van der Waals surface area contributed by atoms with Gasteiger partial charge >= 0.3 is 0 Å². The van der Waals surface area contributed by atoms with Crippen LogP contribution in [0.4, 0.5) is 5.69 Å². The number of carbonyl (C=O) groups excluding carboxylic acids is 1. The number of anilines is 1. The summed E-state index contributed by atoms with van der Waals surface area (Å²) in [6.07, 6.45) is 0. The lowest BCUT2D eigenvalue weighted by molar-refractivity contribution is -0.129. The average molecular weight is 292 g/mol. The number of ether oxygens (including phenoxy) is 1. The lowest BCUT2D eigenvalue weighted by Crippen LogP contribution is -2.48. The van der Waals surface area contributed by atoms with Crippen LogP contribution >= 0.6 is 0 Å². The average Bonchev–Trinajstić information content (AvgIpc) is 2.45. The zero-order chi connectivity index (χ0) is 15.5. The van der Waals surface area contributed by atoms with E-state index in [2.05, 4.69) is 4.90 Å². The molecule has 1 fully saturated rings. The van der Waals surface area contributed by atoms with Crippen LogP contribution in [0.25, 0.3) is 0 Å². The summed E-state index contributed by atoms with van der Waals surface area (Å²) in [6.45, 7) is 8.56. The monoisotopic (exact) mass is 292 g/mol. The Morgan fingerprint density at radius 3 is 2.24 bits per heavy atom. The van der Waals surface area contributed by atoms with E-state index in [1.807, 2.05) is 29.2 Å². The summed E-state index contributed by atoms with van der Waals surface area (Å²) >= 11 is 0. The van der Waals surface area contributed by atoms with Crippen molar-refractivity contribution >= 4 is 11.6 Å². The van der Waals surface area contributed by atoms with E-state index in [9.17, 15) is 9.90 Å². The fraction of sp³-hybridized carbons (Fsp3) is 0.562. The summed E-state index contributed by atoms with van der Waals surface area (Å²) in [7, 11) is 0. The molecule has 1 heterocycles. The Morgan fingerprint density at radius 1 is 1.19 bits per heavy atom. The molecule has 1 saturated heterocycles. The number of piperazine rings is 1. The first kappa shape index (κ1) is 15.6. The van der Waals surface area contributed by atoms with Gasteiger partial charge in [-0.15, -0.1) is 0 Å². The number of amides is 1. The number of aliphatic hydroxyl groups is 1. The van der Waals surface area contributed by atoms with E-state index in [1.54, 1.807) is 20.8 Å². The third kappa shape index (κ3) is 4.63. The normalized spacial score (nSPS) is 16.0. The van der Waals surface area contributed by atoms with E-state index in [0.717, 1.165) is 37.6 Å². The number of nitrogens with zero attached hydrogens (tertiary/aromatic N) is 2. The van der Waals surface area contributed by atoms with Gasteiger partial charge in [0.2, 0.25) is 5.91 Å². The number of carbonyl (C=O) groups is 1. The molecule has 0 atom stereocenters. The number of rotatable bonds is 4. The topological polar surface area (TPSA) is 53.0 Å². The van der Waals surface area contributed by atoms with Gasteiger partial charge in [-0.3, -0.25) is 4.79 Å². The minimum Gasteiger partial charge on any atom is -0.491 e. The van der Waals surface area contributed by atoms with Crippen molar-refractivity contribution in [1.29, 1.82) is 0 Å². The molecule has 1 amide bonds. The predicted molar refractivity (Wildman–Crippen MR) is 82.7 cm³/mol. The highest BCUT2D eigenvalue weighted by molar-refractivity contribution is 5.73. The molecule has 0 saturated carbocycles. The number of benzene rings is 1. The van der Waals surface area contributed by atoms with Crippen molar-refractivity contribution in [2.45, 2.75) is 26.4 Å². The van der Waals surface area contributed by atoms with E-state index >= 15 is 0 Å². The third-order valence-corrected chi connectivity index (χ3v) is 3.52. The fourth-order valence-electron chi connectivity index (χ4n) is 2.29. The quantitative estimate of drug-likeness (QED) is 0.914. The summed E-state index contributed by atoms with van der Waals surface area (Å²) in [6, 6.07) is 7.86. The maximum atomic E-state index is 11.3. The summed E-state index contributed by atoms with van der Waals surface area (Å²) in [5.74, 6) is 0.897. The maximum absolute atomic E-state index is 11.3. The van der Waals surface area contributed by atoms with Gasteiger partial charge in [-0.2, -0.15) is 0 Å². The second-order valence-electron chi connectivity index (χ2n) is 6.09. The fourth-order valence-corrected chi connectivity index (χ4v) is 2.29. The van der Waals surface area contributed by atoms with Crippen molar-refractivity contribution in [3.8, 4) is 5.75 Å². The molecule has 1 aliphatic rings. The molecule has 0 aliphatic carbocycles. The number of hydrogen-bond donors (Lipinski definition) is 1. The summed E-state index contributed by atoms with van der Waals surface area (Å²) in [5.41, 5.74) is 0.302. The highest BCUT2D eigenvalue weighted by atomic mass is 16.5. The van der Waals surface area contributed by atoms with Crippen LogP contribution < -0.4 is 9.64 Å². The molecule has 0 unspecified atom stereocenters. The Balaban J connectivity index is 1.89. The second kappa shape index (κ2) is 6.35. The first-order valence-electron chi connectivity index (χ1n) is 7.31. The largest absolute Gasteiger partial charge is 0.491 e. The van der Waals surface area contributed by atoms with Crippen molar-refractivity contribution in [1.82, 2.24) is 4.90 Å². The summed E-state index contributed by atoms with van der Waals surface area (Å²) in [5, 5.41) is 9.64. The Morgan fingerprint density at radius 2 is 1.76 bits per heavy atom. The molecule has 116 valence electrons. The van der Waals surface area contributed by atoms with Gasteiger partial charge in [0.1, 0.15) is 12.4 Å². The van der Waals surface area contributed by atoms with Gasteiger partial charge < -0.3 is 19.6 Å². The highest BCUT2D eigenvalue weighted by Crippen LogP contribution is 2.21. The standard InChI is InChI=1S/C16H24N2O3/c1-13(19)17-8-10-18(11-9-17)14-4-6-15(7-5-14)21-12-16(2,3)20/h4-7,20H,8-12H2,1-3H3. The third-order valence-electron chi connectivity index (χ3n) is 3.52. The molecule has 5 heteroatoms. The van der Waals surface area contributed by atoms with Gasteiger partial charge in [-0.1, -0.05) is 0 Å². The van der Waals surface area contributed by atoms with Gasteiger partial charge in [-0.05, 0) is 38.1 Å². The van der Waals surface area contributed by atoms with Gasteiger partial charge in [0, 0.05) is 38.8 Å². The van der Waals surface area contributed by atoms with Gasteiger partial charge in [0.25, 0.3) is 0 Å². The molecule has 1 aliphatic heterocycles. The Hall–Kier alpha value is -1.75. The van der Waals surface area contributed by atoms with Crippen molar-refractivity contribution < 1.29 is 14.6 Å². The lowest BCUT2D eigenvalue weighted by atomic mass is 10.2. The van der Waals surface area contributed by atoms with Crippen molar-refractivity contribution in [3.63, 3.8) is 0 Å². The molecule has 0 aromatic heterocycles. The molecule has 1 aromatic carbocycles. The Kier molecular flexibility index (Phi) is 4.73. The molecular formula is C16H24N2O3. The van der Waals surface area contributed by atoms with Crippen LogP contribution in [0.5, 0.6) is 5.75 Å². The molecule has 0 spiro atoms. The van der Waals surface area contributed by atoms with Crippen LogP contribution in [0.15, 0.2) is 24.3 Å². The molecular weight excluding hydrogens is 268 g/mol.